The Labute approximate surface area is 90.8 Å². The van der Waals surface area contributed by atoms with Gasteiger partial charge in [-0.25, -0.2) is 0 Å². The maximum atomic E-state index is 12.0. The SMILES string of the molecule is CC(C)(C)c1c(O)nc2sccn2c1=O. The van der Waals surface area contributed by atoms with Crippen LogP contribution in [-0.4, -0.2) is 14.5 Å². The Morgan fingerprint density at radius 1 is 1.47 bits per heavy atom. The van der Waals surface area contributed by atoms with Crippen molar-refractivity contribution in [3.63, 3.8) is 0 Å². The summed E-state index contributed by atoms with van der Waals surface area (Å²) in [5.41, 5.74) is -0.234. The molecule has 0 radical (unpaired) electrons. The lowest BCUT2D eigenvalue weighted by Gasteiger charge is -2.18. The Hall–Kier alpha value is -1.36. The molecule has 2 heterocycles. The van der Waals surface area contributed by atoms with Crippen LogP contribution in [0.25, 0.3) is 4.96 Å². The van der Waals surface area contributed by atoms with Gasteiger partial charge in [-0.3, -0.25) is 9.20 Å². The summed E-state index contributed by atoms with van der Waals surface area (Å²) in [6.07, 6.45) is 1.67. The molecule has 80 valence electrons. The molecule has 2 aromatic heterocycles. The van der Waals surface area contributed by atoms with Crippen LogP contribution in [0.2, 0.25) is 0 Å². The monoisotopic (exact) mass is 224 g/mol. The van der Waals surface area contributed by atoms with Crippen LogP contribution in [0.15, 0.2) is 16.4 Å². The van der Waals surface area contributed by atoms with Crippen molar-refractivity contribution in [3.8, 4) is 5.88 Å². The first-order valence-corrected chi connectivity index (χ1v) is 5.48. The largest absolute Gasteiger partial charge is 0.493 e. The second kappa shape index (κ2) is 3.06. The van der Waals surface area contributed by atoms with Gasteiger partial charge in [-0.15, -0.1) is 11.3 Å². The average molecular weight is 224 g/mol. The van der Waals surface area contributed by atoms with E-state index >= 15 is 0 Å². The summed E-state index contributed by atoms with van der Waals surface area (Å²) in [6, 6.07) is 0. The zero-order valence-corrected chi connectivity index (χ0v) is 9.63. The topological polar surface area (TPSA) is 54.6 Å². The van der Waals surface area contributed by atoms with Crippen LogP contribution in [-0.2, 0) is 5.41 Å². The van der Waals surface area contributed by atoms with Gasteiger partial charge < -0.3 is 5.11 Å². The number of fused-ring (bicyclic) bond motifs is 1. The molecular formula is C10H12N2O2S. The predicted molar refractivity (Wildman–Crippen MR) is 59.7 cm³/mol. The van der Waals surface area contributed by atoms with Crippen molar-refractivity contribution in [1.82, 2.24) is 9.38 Å². The van der Waals surface area contributed by atoms with Crippen LogP contribution in [0.3, 0.4) is 0 Å². The fourth-order valence-corrected chi connectivity index (χ4v) is 2.23. The molecule has 15 heavy (non-hydrogen) atoms. The van der Waals surface area contributed by atoms with E-state index in [0.717, 1.165) is 0 Å². The normalized spacial score (nSPS) is 12.2. The summed E-state index contributed by atoms with van der Waals surface area (Å²) < 4.78 is 1.46. The Morgan fingerprint density at radius 3 is 2.73 bits per heavy atom. The molecule has 0 amide bonds. The molecule has 2 aromatic rings. The lowest BCUT2D eigenvalue weighted by atomic mass is 9.88. The Balaban J connectivity index is 2.91. The number of aromatic nitrogens is 2. The summed E-state index contributed by atoms with van der Waals surface area (Å²) in [6.45, 7) is 5.64. The van der Waals surface area contributed by atoms with Gasteiger partial charge in [0.15, 0.2) is 4.96 Å². The second-order valence-corrected chi connectivity index (χ2v) is 5.29. The predicted octanol–water partition coefficient (Wildman–Crippen LogP) is 1.76. The third-order valence-electron chi connectivity index (χ3n) is 2.20. The summed E-state index contributed by atoms with van der Waals surface area (Å²) in [4.78, 5) is 16.5. The molecule has 0 aliphatic rings. The summed E-state index contributed by atoms with van der Waals surface area (Å²) in [5, 5.41) is 11.5. The minimum atomic E-state index is -0.405. The van der Waals surface area contributed by atoms with E-state index in [-0.39, 0.29) is 11.4 Å². The molecule has 1 N–H and O–H groups in total. The molecule has 0 atom stereocenters. The molecule has 0 aliphatic carbocycles. The smallest absolute Gasteiger partial charge is 0.266 e. The third-order valence-corrected chi connectivity index (χ3v) is 2.95. The van der Waals surface area contributed by atoms with E-state index in [2.05, 4.69) is 4.98 Å². The highest BCUT2D eigenvalue weighted by Gasteiger charge is 2.24. The summed E-state index contributed by atoms with van der Waals surface area (Å²) in [5.74, 6) is -0.157. The first-order chi connectivity index (χ1) is 6.91. The van der Waals surface area contributed by atoms with Crippen LogP contribution in [0.4, 0.5) is 0 Å². The molecule has 0 aromatic carbocycles. The first-order valence-electron chi connectivity index (χ1n) is 4.60. The standard InChI is InChI=1S/C10H12N2O2S/c1-10(2,3)6-7(13)11-9-12(8(6)14)4-5-15-9/h4-5,13H,1-3H3. The second-order valence-electron chi connectivity index (χ2n) is 4.42. The Kier molecular flexibility index (Phi) is 2.08. The van der Waals surface area contributed by atoms with Gasteiger partial charge in [-0.2, -0.15) is 4.98 Å². The Bertz CT molecular complexity index is 563. The highest BCUT2D eigenvalue weighted by Crippen LogP contribution is 2.26. The van der Waals surface area contributed by atoms with Gasteiger partial charge in [0.2, 0.25) is 5.88 Å². The highest BCUT2D eigenvalue weighted by atomic mass is 32.1. The Morgan fingerprint density at radius 2 is 2.13 bits per heavy atom. The fraction of sp³-hybridized carbons (Fsp3) is 0.400. The van der Waals surface area contributed by atoms with Crippen molar-refractivity contribution in [1.29, 1.82) is 0 Å². The zero-order valence-electron chi connectivity index (χ0n) is 8.81. The summed E-state index contributed by atoms with van der Waals surface area (Å²) in [7, 11) is 0. The molecule has 2 rings (SSSR count). The van der Waals surface area contributed by atoms with E-state index in [9.17, 15) is 9.90 Å². The van der Waals surface area contributed by atoms with Crippen molar-refractivity contribution in [2.75, 3.05) is 0 Å². The maximum absolute atomic E-state index is 12.0. The lowest BCUT2D eigenvalue weighted by Crippen LogP contribution is -2.27. The van der Waals surface area contributed by atoms with Crippen LogP contribution in [0.1, 0.15) is 26.3 Å². The molecule has 0 saturated carbocycles. The number of nitrogens with zero attached hydrogens (tertiary/aromatic N) is 2. The molecule has 0 aliphatic heterocycles. The van der Waals surface area contributed by atoms with E-state index in [1.165, 1.54) is 15.7 Å². The van der Waals surface area contributed by atoms with Gasteiger partial charge in [-0.1, -0.05) is 20.8 Å². The van der Waals surface area contributed by atoms with Gasteiger partial charge in [0.25, 0.3) is 5.56 Å². The molecule has 0 fully saturated rings. The minimum Gasteiger partial charge on any atom is -0.493 e. The maximum Gasteiger partial charge on any atom is 0.266 e. The van der Waals surface area contributed by atoms with Crippen LogP contribution in [0.5, 0.6) is 5.88 Å². The number of rotatable bonds is 0. The minimum absolute atomic E-state index is 0.157. The van der Waals surface area contributed by atoms with Gasteiger partial charge in [-0.05, 0) is 5.41 Å². The van der Waals surface area contributed by atoms with E-state index in [0.29, 0.717) is 10.5 Å². The number of aromatic hydroxyl groups is 1. The molecule has 0 saturated heterocycles. The van der Waals surface area contributed by atoms with E-state index in [4.69, 9.17) is 0 Å². The number of hydrogen-bond donors (Lipinski definition) is 1. The van der Waals surface area contributed by atoms with Crippen molar-refractivity contribution >= 4 is 16.3 Å². The van der Waals surface area contributed by atoms with E-state index in [1.54, 1.807) is 11.6 Å². The molecule has 0 bridgehead atoms. The molecule has 0 spiro atoms. The van der Waals surface area contributed by atoms with Crippen molar-refractivity contribution in [3.05, 3.63) is 27.5 Å². The van der Waals surface area contributed by atoms with E-state index in [1.807, 2.05) is 20.8 Å². The van der Waals surface area contributed by atoms with Crippen LogP contribution >= 0.6 is 11.3 Å². The van der Waals surface area contributed by atoms with E-state index < -0.39 is 5.41 Å². The molecule has 4 nitrogen and oxygen atoms in total. The average Bonchev–Trinajstić information content (AvgIpc) is 2.48. The van der Waals surface area contributed by atoms with Crippen molar-refractivity contribution in [2.24, 2.45) is 0 Å². The van der Waals surface area contributed by atoms with Gasteiger partial charge >= 0.3 is 0 Å². The van der Waals surface area contributed by atoms with Gasteiger partial charge in [0, 0.05) is 11.6 Å². The summed E-state index contributed by atoms with van der Waals surface area (Å²) >= 11 is 1.33. The van der Waals surface area contributed by atoms with Crippen molar-refractivity contribution in [2.45, 2.75) is 26.2 Å². The van der Waals surface area contributed by atoms with Crippen LogP contribution in [0, 0.1) is 0 Å². The van der Waals surface area contributed by atoms with Gasteiger partial charge in [0.05, 0.1) is 5.56 Å². The highest BCUT2D eigenvalue weighted by molar-refractivity contribution is 7.15. The third kappa shape index (κ3) is 1.52. The fourth-order valence-electron chi connectivity index (χ4n) is 1.53. The van der Waals surface area contributed by atoms with Crippen molar-refractivity contribution < 1.29 is 5.11 Å². The number of hydrogen-bond acceptors (Lipinski definition) is 4. The molecular weight excluding hydrogens is 212 g/mol. The molecule has 0 unspecified atom stereocenters. The molecule has 5 heteroatoms. The quantitative estimate of drug-likeness (QED) is 0.741. The lowest BCUT2D eigenvalue weighted by molar-refractivity contribution is 0.423. The van der Waals surface area contributed by atoms with Crippen LogP contribution < -0.4 is 5.56 Å². The van der Waals surface area contributed by atoms with Gasteiger partial charge in [0.1, 0.15) is 0 Å². The first kappa shape index (κ1) is 10.2. The zero-order chi connectivity index (χ0) is 11.2. The number of thiazole rings is 1.